The van der Waals surface area contributed by atoms with E-state index in [1.54, 1.807) is 0 Å². The van der Waals surface area contributed by atoms with Gasteiger partial charge in [-0.25, -0.2) is 9.79 Å². The number of carbonyl (C=O) groups excluding carboxylic acids is 2. The van der Waals surface area contributed by atoms with Crippen LogP contribution in [0.5, 0.6) is 0 Å². The molecule has 2 amide bonds. The van der Waals surface area contributed by atoms with E-state index in [9.17, 15) is 14.4 Å². The number of hydrogen-bond donors (Lipinski definition) is 3. The predicted octanol–water partition coefficient (Wildman–Crippen LogP) is -1.29. The van der Waals surface area contributed by atoms with E-state index in [1.165, 1.54) is 12.6 Å². The fraction of sp³-hybridized carbons (Fsp3) is 0.545. The summed E-state index contributed by atoms with van der Waals surface area (Å²) in [5.41, 5.74) is 0. The maximum atomic E-state index is 11.8. The van der Waals surface area contributed by atoms with Gasteiger partial charge in [-0.05, 0) is 6.42 Å². The molecular formula is C11H14N4O4. The van der Waals surface area contributed by atoms with Crippen molar-refractivity contribution < 1.29 is 19.5 Å². The second-order valence-electron chi connectivity index (χ2n) is 4.42. The number of carboxylic acid groups (broad SMARTS) is 1. The summed E-state index contributed by atoms with van der Waals surface area (Å²) in [5, 5.41) is 14.0. The number of amides is 2. The minimum atomic E-state index is -1.13. The molecule has 0 radical (unpaired) electrons. The van der Waals surface area contributed by atoms with Crippen molar-refractivity contribution in [2.45, 2.75) is 37.4 Å². The highest BCUT2D eigenvalue weighted by Gasteiger charge is 2.31. The fourth-order valence-electron chi connectivity index (χ4n) is 1.97. The molecule has 0 aliphatic carbocycles. The topological polar surface area (TPSA) is 120 Å². The lowest BCUT2D eigenvalue weighted by atomic mass is 10.1. The number of rotatable bonds is 5. The predicted molar refractivity (Wildman–Crippen MR) is 66.1 cm³/mol. The molecule has 0 spiro atoms. The standard InChI is InChI=1S/C11H14N4O4/c16-9-2-1-7(14-9)10(17)15-8(11(18)19)3-6-4-12-5-13-6/h4-8H,1-3H2,(H,14,16)(H,15,17)(H,18,19)/t6?,7-,8-/m0/s1. The van der Waals surface area contributed by atoms with Crippen LogP contribution in [0.25, 0.3) is 0 Å². The zero-order chi connectivity index (χ0) is 13.8. The Kier molecular flexibility index (Phi) is 3.88. The van der Waals surface area contributed by atoms with E-state index in [2.05, 4.69) is 20.6 Å². The zero-order valence-electron chi connectivity index (χ0n) is 10.1. The third-order valence-electron chi connectivity index (χ3n) is 2.99. The van der Waals surface area contributed by atoms with Crippen molar-refractivity contribution in [1.29, 1.82) is 0 Å². The van der Waals surface area contributed by atoms with Crippen molar-refractivity contribution >= 4 is 30.3 Å². The Morgan fingerprint density at radius 2 is 2.37 bits per heavy atom. The molecule has 0 aromatic heterocycles. The number of nitrogens with one attached hydrogen (secondary N) is 2. The molecule has 102 valence electrons. The van der Waals surface area contributed by atoms with Crippen LogP contribution in [-0.2, 0) is 14.4 Å². The first-order valence-electron chi connectivity index (χ1n) is 5.94. The van der Waals surface area contributed by atoms with Gasteiger partial charge in [-0.1, -0.05) is 0 Å². The van der Waals surface area contributed by atoms with E-state index < -0.39 is 24.0 Å². The lowest BCUT2D eigenvalue weighted by Gasteiger charge is -2.18. The summed E-state index contributed by atoms with van der Waals surface area (Å²) in [7, 11) is 0. The third-order valence-corrected chi connectivity index (χ3v) is 2.99. The van der Waals surface area contributed by atoms with Crippen molar-refractivity contribution in [3.63, 3.8) is 0 Å². The summed E-state index contributed by atoms with van der Waals surface area (Å²) in [6.07, 6.45) is 3.69. The van der Waals surface area contributed by atoms with E-state index in [0.29, 0.717) is 6.42 Å². The molecule has 0 aromatic rings. The number of aliphatic carboxylic acids is 1. The Morgan fingerprint density at radius 3 is 2.89 bits per heavy atom. The zero-order valence-corrected chi connectivity index (χ0v) is 10.1. The molecule has 2 rings (SSSR count). The number of aliphatic imine (C=N–C) groups is 2. The Balaban J connectivity index is 1.90. The lowest BCUT2D eigenvalue weighted by Crippen LogP contribution is -2.49. The molecule has 3 N–H and O–H groups in total. The van der Waals surface area contributed by atoms with Gasteiger partial charge in [0.1, 0.15) is 18.4 Å². The molecule has 1 saturated heterocycles. The number of hydrogen-bond acceptors (Lipinski definition) is 5. The van der Waals surface area contributed by atoms with Gasteiger partial charge in [0, 0.05) is 19.1 Å². The van der Waals surface area contributed by atoms with Crippen LogP contribution in [-0.4, -0.2) is 53.6 Å². The molecule has 0 aromatic carbocycles. The largest absolute Gasteiger partial charge is 0.480 e. The Hall–Kier alpha value is -2.25. The van der Waals surface area contributed by atoms with Gasteiger partial charge in [0.25, 0.3) is 0 Å². The molecule has 2 heterocycles. The Labute approximate surface area is 109 Å². The highest BCUT2D eigenvalue weighted by Crippen LogP contribution is 2.09. The summed E-state index contributed by atoms with van der Waals surface area (Å²) >= 11 is 0. The van der Waals surface area contributed by atoms with E-state index >= 15 is 0 Å². The average molecular weight is 266 g/mol. The van der Waals surface area contributed by atoms with Crippen molar-refractivity contribution in [2.24, 2.45) is 9.98 Å². The summed E-state index contributed by atoms with van der Waals surface area (Å²) in [4.78, 5) is 41.6. The van der Waals surface area contributed by atoms with Crippen molar-refractivity contribution in [3.8, 4) is 0 Å². The molecule has 3 atom stereocenters. The molecule has 8 heteroatoms. The van der Waals surface area contributed by atoms with Crippen LogP contribution in [0, 0.1) is 0 Å². The molecule has 0 saturated carbocycles. The van der Waals surface area contributed by atoms with Gasteiger partial charge in [0.2, 0.25) is 11.8 Å². The minimum absolute atomic E-state index is 0.141. The summed E-state index contributed by atoms with van der Waals surface area (Å²) < 4.78 is 0. The van der Waals surface area contributed by atoms with Crippen LogP contribution in [0.1, 0.15) is 19.3 Å². The summed E-state index contributed by atoms with van der Waals surface area (Å²) in [5.74, 6) is -1.80. The third kappa shape index (κ3) is 3.36. The van der Waals surface area contributed by atoms with Crippen LogP contribution >= 0.6 is 0 Å². The maximum Gasteiger partial charge on any atom is 0.326 e. The van der Waals surface area contributed by atoms with Gasteiger partial charge in [0.15, 0.2) is 0 Å². The maximum absolute atomic E-state index is 11.8. The summed E-state index contributed by atoms with van der Waals surface area (Å²) in [6.45, 7) is 0. The first-order chi connectivity index (χ1) is 9.06. The van der Waals surface area contributed by atoms with Gasteiger partial charge in [-0.2, -0.15) is 0 Å². The van der Waals surface area contributed by atoms with Gasteiger partial charge >= 0.3 is 5.97 Å². The SMILES string of the molecule is O=C1CC[C@@H](C(=O)N[C@@H](CC2C=NC=N2)C(=O)O)N1. The van der Waals surface area contributed by atoms with Crippen LogP contribution in [0.2, 0.25) is 0 Å². The van der Waals surface area contributed by atoms with E-state index in [4.69, 9.17) is 5.11 Å². The van der Waals surface area contributed by atoms with Crippen molar-refractivity contribution in [1.82, 2.24) is 10.6 Å². The van der Waals surface area contributed by atoms with E-state index in [0.717, 1.165) is 0 Å². The lowest BCUT2D eigenvalue weighted by molar-refractivity contribution is -0.142. The fourth-order valence-corrected chi connectivity index (χ4v) is 1.97. The second-order valence-corrected chi connectivity index (χ2v) is 4.42. The van der Waals surface area contributed by atoms with Crippen LogP contribution < -0.4 is 10.6 Å². The van der Waals surface area contributed by atoms with E-state index in [-0.39, 0.29) is 24.8 Å². The minimum Gasteiger partial charge on any atom is -0.480 e. The van der Waals surface area contributed by atoms with Crippen molar-refractivity contribution in [2.75, 3.05) is 0 Å². The van der Waals surface area contributed by atoms with Gasteiger partial charge in [-0.15, -0.1) is 0 Å². The Bertz CT molecular complexity index is 448. The van der Waals surface area contributed by atoms with Crippen molar-refractivity contribution in [3.05, 3.63) is 0 Å². The Morgan fingerprint density at radius 1 is 1.58 bits per heavy atom. The highest BCUT2D eigenvalue weighted by molar-refractivity contribution is 5.93. The molecule has 0 bridgehead atoms. The average Bonchev–Trinajstić information content (AvgIpc) is 2.99. The van der Waals surface area contributed by atoms with E-state index in [1.807, 2.05) is 0 Å². The molecule has 19 heavy (non-hydrogen) atoms. The number of nitrogens with zero attached hydrogens (tertiary/aromatic N) is 2. The van der Waals surface area contributed by atoms with Crippen LogP contribution in [0.4, 0.5) is 0 Å². The molecule has 2 aliphatic rings. The smallest absolute Gasteiger partial charge is 0.326 e. The van der Waals surface area contributed by atoms with Crippen LogP contribution in [0.15, 0.2) is 9.98 Å². The van der Waals surface area contributed by atoms with Gasteiger partial charge in [0.05, 0.1) is 6.04 Å². The molecule has 2 aliphatic heterocycles. The molecule has 1 fully saturated rings. The van der Waals surface area contributed by atoms with Gasteiger partial charge < -0.3 is 15.7 Å². The normalized spacial score (nSPS) is 26.2. The molecule has 1 unspecified atom stereocenters. The monoisotopic (exact) mass is 266 g/mol. The summed E-state index contributed by atoms with van der Waals surface area (Å²) in [6, 6.07) is -2.02. The van der Waals surface area contributed by atoms with Crippen LogP contribution in [0.3, 0.4) is 0 Å². The number of carbonyl (C=O) groups is 3. The number of carboxylic acids is 1. The quantitative estimate of drug-likeness (QED) is 0.573. The molecule has 8 nitrogen and oxygen atoms in total. The van der Waals surface area contributed by atoms with Gasteiger partial charge in [-0.3, -0.25) is 14.6 Å². The first-order valence-corrected chi connectivity index (χ1v) is 5.94. The highest BCUT2D eigenvalue weighted by atomic mass is 16.4. The second kappa shape index (κ2) is 5.59. The first kappa shape index (κ1) is 13.2. The molecular weight excluding hydrogens is 252 g/mol.